The number of hydrogen-bond acceptors (Lipinski definition) is 4. The van der Waals surface area contributed by atoms with Crippen LogP contribution in [0.5, 0.6) is 0 Å². The van der Waals surface area contributed by atoms with Crippen LogP contribution in [0.15, 0.2) is 42.7 Å². The molecule has 7 nitrogen and oxygen atoms in total. The van der Waals surface area contributed by atoms with Gasteiger partial charge >= 0.3 is 0 Å². The Hall–Kier alpha value is -2.93. The van der Waals surface area contributed by atoms with Crippen molar-refractivity contribution in [2.45, 2.75) is 19.9 Å². The first-order valence-electron chi connectivity index (χ1n) is 8.08. The van der Waals surface area contributed by atoms with Crippen LogP contribution in [0.2, 0.25) is 0 Å². The van der Waals surface area contributed by atoms with Crippen molar-refractivity contribution in [1.29, 1.82) is 0 Å². The Morgan fingerprint density at radius 1 is 1.24 bits per heavy atom. The summed E-state index contributed by atoms with van der Waals surface area (Å²) < 4.78 is 3.54. The van der Waals surface area contributed by atoms with Gasteiger partial charge in [0.15, 0.2) is 0 Å². The minimum Gasteiger partial charge on any atom is -0.324 e. The van der Waals surface area contributed by atoms with E-state index in [0.717, 1.165) is 28.3 Å². The number of carbonyl (C=O) groups is 1. The highest BCUT2D eigenvalue weighted by Crippen LogP contribution is 2.19. The molecule has 2 aromatic heterocycles. The van der Waals surface area contributed by atoms with Gasteiger partial charge in [-0.15, -0.1) is 0 Å². The summed E-state index contributed by atoms with van der Waals surface area (Å²) in [5, 5.41) is 14.6. The molecule has 0 radical (unpaired) electrons. The van der Waals surface area contributed by atoms with Crippen LogP contribution in [0.4, 0.5) is 5.69 Å². The van der Waals surface area contributed by atoms with Gasteiger partial charge in [0, 0.05) is 30.2 Å². The van der Waals surface area contributed by atoms with Gasteiger partial charge in [-0.1, -0.05) is 6.07 Å². The fourth-order valence-electron chi connectivity index (χ4n) is 2.86. The Morgan fingerprint density at radius 3 is 2.64 bits per heavy atom. The summed E-state index contributed by atoms with van der Waals surface area (Å²) in [6, 6.07) is 9.19. The van der Waals surface area contributed by atoms with Crippen molar-refractivity contribution in [3.8, 4) is 5.69 Å². The van der Waals surface area contributed by atoms with Gasteiger partial charge < -0.3 is 10.6 Å². The molecule has 1 unspecified atom stereocenters. The number of rotatable bonds is 5. The van der Waals surface area contributed by atoms with Gasteiger partial charge in [-0.25, -0.2) is 4.68 Å². The van der Waals surface area contributed by atoms with E-state index < -0.39 is 6.04 Å². The van der Waals surface area contributed by atoms with Crippen molar-refractivity contribution in [3.63, 3.8) is 0 Å². The van der Waals surface area contributed by atoms with Crippen molar-refractivity contribution in [1.82, 2.24) is 24.9 Å². The van der Waals surface area contributed by atoms with Gasteiger partial charge in [0.2, 0.25) is 5.91 Å². The van der Waals surface area contributed by atoms with Crippen molar-refractivity contribution in [2.75, 3.05) is 12.4 Å². The van der Waals surface area contributed by atoms with E-state index >= 15 is 0 Å². The van der Waals surface area contributed by atoms with E-state index in [-0.39, 0.29) is 5.91 Å². The van der Waals surface area contributed by atoms with Crippen LogP contribution < -0.4 is 10.6 Å². The number of nitrogens with one attached hydrogen (secondary N) is 2. The zero-order valence-corrected chi connectivity index (χ0v) is 14.8. The maximum atomic E-state index is 12.6. The Balaban J connectivity index is 1.82. The van der Waals surface area contributed by atoms with Gasteiger partial charge in [0.1, 0.15) is 6.04 Å². The molecular formula is C18H22N6O. The third kappa shape index (κ3) is 3.61. The first-order valence-corrected chi connectivity index (χ1v) is 8.08. The predicted octanol–water partition coefficient (Wildman–Crippen LogP) is 2.12. The molecule has 25 heavy (non-hydrogen) atoms. The third-order valence-corrected chi connectivity index (χ3v) is 3.98. The molecule has 0 saturated heterocycles. The van der Waals surface area contributed by atoms with E-state index in [4.69, 9.17) is 0 Å². The van der Waals surface area contributed by atoms with Crippen molar-refractivity contribution < 1.29 is 4.79 Å². The standard InChI is InChI=1S/C18H22N6O/c1-12-8-13(2)24(22-12)16-7-5-6-15(9-16)21-18(25)17(19-3)14-10-20-23(4)11-14/h5-11,17,19H,1-4H3,(H,21,25). The van der Waals surface area contributed by atoms with Crippen LogP contribution in [0.25, 0.3) is 5.69 Å². The molecule has 2 heterocycles. The van der Waals surface area contributed by atoms with E-state index in [1.54, 1.807) is 17.9 Å². The van der Waals surface area contributed by atoms with Gasteiger partial charge in [-0.05, 0) is 45.2 Å². The average Bonchev–Trinajstić information content (AvgIpc) is 3.13. The Labute approximate surface area is 146 Å². The fraction of sp³-hybridized carbons (Fsp3) is 0.278. The summed E-state index contributed by atoms with van der Waals surface area (Å²) in [5.74, 6) is -0.138. The number of nitrogens with zero attached hydrogens (tertiary/aromatic N) is 4. The van der Waals surface area contributed by atoms with E-state index in [0.29, 0.717) is 0 Å². The van der Waals surface area contributed by atoms with Crippen LogP contribution in [0, 0.1) is 13.8 Å². The molecule has 0 aliphatic rings. The molecule has 1 aromatic carbocycles. The van der Waals surface area contributed by atoms with E-state index in [9.17, 15) is 4.79 Å². The molecule has 0 bridgehead atoms. The van der Waals surface area contributed by atoms with Gasteiger partial charge in [0.05, 0.1) is 17.6 Å². The molecule has 0 fully saturated rings. The van der Waals surface area contributed by atoms with E-state index in [2.05, 4.69) is 20.8 Å². The summed E-state index contributed by atoms with van der Waals surface area (Å²) >= 11 is 0. The normalized spacial score (nSPS) is 12.2. The smallest absolute Gasteiger partial charge is 0.246 e. The lowest BCUT2D eigenvalue weighted by Crippen LogP contribution is -2.30. The SMILES string of the molecule is CNC(C(=O)Nc1cccc(-n2nc(C)cc2C)c1)c1cnn(C)c1. The van der Waals surface area contributed by atoms with Crippen LogP contribution in [0.3, 0.4) is 0 Å². The maximum Gasteiger partial charge on any atom is 0.246 e. The van der Waals surface area contributed by atoms with Gasteiger partial charge in [-0.2, -0.15) is 10.2 Å². The number of aromatic nitrogens is 4. The monoisotopic (exact) mass is 338 g/mol. The zero-order chi connectivity index (χ0) is 18.0. The molecule has 130 valence electrons. The lowest BCUT2D eigenvalue weighted by molar-refractivity contribution is -0.118. The summed E-state index contributed by atoms with van der Waals surface area (Å²) in [7, 11) is 3.58. The first kappa shape index (κ1) is 16.9. The molecule has 1 amide bonds. The molecule has 7 heteroatoms. The van der Waals surface area contributed by atoms with Crippen LogP contribution in [-0.2, 0) is 11.8 Å². The topological polar surface area (TPSA) is 76.8 Å². The number of likely N-dealkylation sites (N-methyl/N-ethyl adjacent to an activating group) is 1. The fourth-order valence-corrected chi connectivity index (χ4v) is 2.86. The highest BCUT2D eigenvalue weighted by Gasteiger charge is 2.20. The Kier molecular flexibility index (Phi) is 4.67. The van der Waals surface area contributed by atoms with Crippen molar-refractivity contribution >= 4 is 11.6 Å². The minimum atomic E-state index is -0.467. The van der Waals surface area contributed by atoms with Crippen LogP contribution in [0.1, 0.15) is 23.0 Å². The minimum absolute atomic E-state index is 0.138. The summed E-state index contributed by atoms with van der Waals surface area (Å²) in [4.78, 5) is 12.6. The molecule has 3 rings (SSSR count). The zero-order valence-electron chi connectivity index (χ0n) is 14.8. The quantitative estimate of drug-likeness (QED) is 0.747. The second-order valence-electron chi connectivity index (χ2n) is 6.05. The van der Waals surface area contributed by atoms with Crippen molar-refractivity contribution in [2.24, 2.45) is 7.05 Å². The second kappa shape index (κ2) is 6.90. The summed E-state index contributed by atoms with van der Waals surface area (Å²) in [6.45, 7) is 3.96. The number of hydrogen-bond donors (Lipinski definition) is 2. The van der Waals surface area contributed by atoms with Gasteiger partial charge in [0.25, 0.3) is 0 Å². The lowest BCUT2D eigenvalue weighted by atomic mass is 10.1. The first-order chi connectivity index (χ1) is 12.0. The highest BCUT2D eigenvalue weighted by molar-refractivity contribution is 5.95. The number of aryl methyl sites for hydroxylation is 3. The number of carbonyl (C=O) groups excluding carboxylic acids is 1. The molecule has 0 saturated carbocycles. The Morgan fingerprint density at radius 2 is 2.04 bits per heavy atom. The largest absolute Gasteiger partial charge is 0.324 e. The number of benzene rings is 1. The summed E-state index contributed by atoms with van der Waals surface area (Å²) in [5.41, 5.74) is 4.45. The maximum absolute atomic E-state index is 12.6. The second-order valence-corrected chi connectivity index (χ2v) is 6.05. The van der Waals surface area contributed by atoms with Gasteiger partial charge in [-0.3, -0.25) is 9.48 Å². The molecule has 0 aliphatic carbocycles. The average molecular weight is 338 g/mol. The van der Waals surface area contributed by atoms with Crippen LogP contribution in [-0.4, -0.2) is 32.5 Å². The lowest BCUT2D eigenvalue weighted by Gasteiger charge is -2.15. The molecular weight excluding hydrogens is 316 g/mol. The van der Waals surface area contributed by atoms with Crippen molar-refractivity contribution in [3.05, 3.63) is 59.7 Å². The molecule has 2 N–H and O–H groups in total. The molecule has 1 atom stereocenters. The van der Waals surface area contributed by atoms with E-state index in [1.807, 2.05) is 62.1 Å². The molecule has 3 aromatic rings. The summed E-state index contributed by atoms with van der Waals surface area (Å²) in [6.07, 6.45) is 3.51. The predicted molar refractivity (Wildman–Crippen MR) is 96.7 cm³/mol. The highest BCUT2D eigenvalue weighted by atomic mass is 16.2. The third-order valence-electron chi connectivity index (χ3n) is 3.98. The van der Waals surface area contributed by atoms with E-state index in [1.165, 1.54) is 0 Å². The number of amides is 1. The molecule has 0 spiro atoms. The van der Waals surface area contributed by atoms with Crippen LogP contribution >= 0.6 is 0 Å². The molecule has 0 aliphatic heterocycles. The Bertz CT molecular complexity index is 895. The number of anilines is 1.